The van der Waals surface area contributed by atoms with Gasteiger partial charge in [0.25, 0.3) is 0 Å². The van der Waals surface area contributed by atoms with E-state index in [0.717, 1.165) is 26.9 Å². The molecule has 7 heteroatoms. The van der Waals surface area contributed by atoms with Crippen molar-refractivity contribution < 1.29 is 9.53 Å². The van der Waals surface area contributed by atoms with Crippen LogP contribution in [0.4, 0.5) is 11.4 Å². The number of ketones is 1. The Bertz CT molecular complexity index is 926. The van der Waals surface area contributed by atoms with E-state index < -0.39 is 0 Å². The summed E-state index contributed by atoms with van der Waals surface area (Å²) in [7, 11) is 1.62. The SMILES string of the molecule is COc1ccccc1NC(=S)Nc1cccc(SCC(=O)c2cccs2)c1. The zero-order chi connectivity index (χ0) is 19.1. The van der Waals surface area contributed by atoms with Crippen molar-refractivity contribution in [1.82, 2.24) is 0 Å². The maximum absolute atomic E-state index is 12.1. The molecule has 1 aromatic heterocycles. The van der Waals surface area contributed by atoms with E-state index in [1.807, 2.05) is 66.0 Å². The Morgan fingerprint density at radius 3 is 2.74 bits per heavy atom. The van der Waals surface area contributed by atoms with E-state index in [2.05, 4.69) is 10.6 Å². The number of ether oxygens (including phenoxy) is 1. The van der Waals surface area contributed by atoms with Gasteiger partial charge in [-0.2, -0.15) is 0 Å². The van der Waals surface area contributed by atoms with E-state index in [0.29, 0.717) is 10.9 Å². The number of hydrogen-bond donors (Lipinski definition) is 2. The van der Waals surface area contributed by atoms with E-state index in [4.69, 9.17) is 17.0 Å². The lowest BCUT2D eigenvalue weighted by Crippen LogP contribution is -2.19. The van der Waals surface area contributed by atoms with Crippen molar-refractivity contribution in [2.24, 2.45) is 0 Å². The third-order valence-electron chi connectivity index (χ3n) is 3.61. The van der Waals surface area contributed by atoms with Crippen LogP contribution in [0.25, 0.3) is 0 Å². The smallest absolute Gasteiger partial charge is 0.182 e. The number of para-hydroxylation sites is 2. The number of Topliss-reactive ketones (excluding diaryl/α,β-unsaturated/α-hetero) is 1. The van der Waals surface area contributed by atoms with E-state index >= 15 is 0 Å². The zero-order valence-corrected chi connectivity index (χ0v) is 17.0. The molecule has 0 amide bonds. The average Bonchev–Trinajstić information content (AvgIpc) is 3.22. The van der Waals surface area contributed by atoms with Crippen LogP contribution < -0.4 is 15.4 Å². The number of rotatable bonds is 7. The summed E-state index contributed by atoms with van der Waals surface area (Å²) in [6.07, 6.45) is 0. The van der Waals surface area contributed by atoms with Crippen LogP contribution in [-0.4, -0.2) is 23.8 Å². The highest BCUT2D eigenvalue weighted by atomic mass is 32.2. The molecule has 2 N–H and O–H groups in total. The maximum Gasteiger partial charge on any atom is 0.182 e. The van der Waals surface area contributed by atoms with Crippen LogP contribution in [0.3, 0.4) is 0 Å². The van der Waals surface area contributed by atoms with Crippen molar-refractivity contribution in [2.45, 2.75) is 4.90 Å². The molecular weight excluding hydrogens is 396 g/mol. The number of thiocarbonyl (C=S) groups is 1. The summed E-state index contributed by atoms with van der Waals surface area (Å²) < 4.78 is 5.32. The predicted molar refractivity (Wildman–Crippen MR) is 119 cm³/mol. The second-order valence-electron chi connectivity index (χ2n) is 5.50. The first kappa shape index (κ1) is 19.4. The fraction of sp³-hybridized carbons (Fsp3) is 0.100. The third-order valence-corrected chi connectivity index (χ3v) is 5.72. The van der Waals surface area contributed by atoms with E-state index in [1.165, 1.54) is 23.1 Å². The van der Waals surface area contributed by atoms with Crippen LogP contribution >= 0.6 is 35.3 Å². The Hall–Kier alpha value is -2.35. The average molecular weight is 415 g/mol. The van der Waals surface area contributed by atoms with Crippen molar-refractivity contribution in [1.29, 1.82) is 0 Å². The Morgan fingerprint density at radius 1 is 1.11 bits per heavy atom. The lowest BCUT2D eigenvalue weighted by Gasteiger charge is -2.13. The minimum Gasteiger partial charge on any atom is -0.495 e. The van der Waals surface area contributed by atoms with Gasteiger partial charge in [-0.05, 0) is 54.0 Å². The quantitative estimate of drug-likeness (QED) is 0.301. The van der Waals surface area contributed by atoms with Gasteiger partial charge in [-0.1, -0.05) is 24.3 Å². The van der Waals surface area contributed by atoms with Crippen molar-refractivity contribution >= 4 is 57.6 Å². The van der Waals surface area contributed by atoms with Gasteiger partial charge < -0.3 is 15.4 Å². The fourth-order valence-corrected chi connectivity index (χ4v) is 4.18. The van der Waals surface area contributed by atoms with Gasteiger partial charge in [0.15, 0.2) is 10.9 Å². The molecule has 0 fully saturated rings. The highest BCUT2D eigenvalue weighted by molar-refractivity contribution is 8.00. The molecule has 0 aliphatic rings. The van der Waals surface area contributed by atoms with Gasteiger partial charge in [-0.3, -0.25) is 4.79 Å². The number of benzene rings is 2. The van der Waals surface area contributed by atoms with Gasteiger partial charge in [0.2, 0.25) is 0 Å². The molecule has 0 unspecified atom stereocenters. The van der Waals surface area contributed by atoms with Gasteiger partial charge in [0, 0.05) is 10.6 Å². The number of nitrogens with one attached hydrogen (secondary N) is 2. The first-order chi connectivity index (χ1) is 13.2. The molecule has 138 valence electrons. The standard InChI is InChI=1S/C20H18N2O2S3/c1-24-18-9-3-2-8-16(18)22-20(25)21-14-6-4-7-15(12-14)27-13-17(23)19-10-5-11-26-19/h2-12H,13H2,1H3,(H2,21,22,25). The van der Waals surface area contributed by atoms with Crippen LogP contribution in [0.1, 0.15) is 9.67 Å². The molecule has 0 aliphatic heterocycles. The van der Waals surface area contributed by atoms with Gasteiger partial charge in [-0.15, -0.1) is 23.1 Å². The molecule has 0 atom stereocenters. The topological polar surface area (TPSA) is 50.4 Å². The summed E-state index contributed by atoms with van der Waals surface area (Å²) in [5.74, 6) is 1.27. The van der Waals surface area contributed by atoms with Crippen LogP contribution in [0, 0.1) is 0 Å². The summed E-state index contributed by atoms with van der Waals surface area (Å²) >= 11 is 8.37. The van der Waals surface area contributed by atoms with Crippen LogP contribution in [-0.2, 0) is 0 Å². The summed E-state index contributed by atoms with van der Waals surface area (Å²) in [6, 6.07) is 19.1. The molecule has 0 bridgehead atoms. The Labute approximate surface area is 172 Å². The monoisotopic (exact) mass is 414 g/mol. The molecule has 0 spiro atoms. The molecule has 0 radical (unpaired) electrons. The molecule has 3 aromatic rings. The number of carbonyl (C=O) groups excluding carboxylic acids is 1. The fourth-order valence-electron chi connectivity index (χ4n) is 2.35. The zero-order valence-electron chi connectivity index (χ0n) is 14.6. The molecule has 0 saturated heterocycles. The molecule has 2 aromatic carbocycles. The second kappa shape index (κ2) is 9.55. The number of thiophene rings is 1. The van der Waals surface area contributed by atoms with Crippen molar-refractivity contribution in [3.8, 4) is 5.75 Å². The minimum atomic E-state index is 0.140. The van der Waals surface area contributed by atoms with Crippen LogP contribution in [0.15, 0.2) is 70.9 Å². The van der Waals surface area contributed by atoms with E-state index in [1.54, 1.807) is 7.11 Å². The maximum atomic E-state index is 12.1. The Balaban J connectivity index is 1.58. The number of methoxy groups -OCH3 is 1. The second-order valence-corrected chi connectivity index (χ2v) is 7.90. The van der Waals surface area contributed by atoms with Crippen LogP contribution in [0.5, 0.6) is 5.75 Å². The third kappa shape index (κ3) is 5.56. The van der Waals surface area contributed by atoms with Crippen LogP contribution in [0.2, 0.25) is 0 Å². The summed E-state index contributed by atoms with van der Waals surface area (Å²) in [5.41, 5.74) is 1.65. The highest BCUT2D eigenvalue weighted by Crippen LogP contribution is 2.25. The summed E-state index contributed by atoms with van der Waals surface area (Å²) in [4.78, 5) is 13.9. The lowest BCUT2D eigenvalue weighted by atomic mass is 10.3. The summed E-state index contributed by atoms with van der Waals surface area (Å²) in [6.45, 7) is 0. The van der Waals surface area contributed by atoms with Gasteiger partial charge >= 0.3 is 0 Å². The van der Waals surface area contributed by atoms with E-state index in [-0.39, 0.29) is 5.78 Å². The van der Waals surface area contributed by atoms with E-state index in [9.17, 15) is 4.79 Å². The number of hydrogen-bond acceptors (Lipinski definition) is 5. The van der Waals surface area contributed by atoms with Gasteiger partial charge in [0.05, 0.1) is 23.4 Å². The normalized spacial score (nSPS) is 10.3. The predicted octanol–water partition coefficient (Wildman–Crippen LogP) is 5.54. The Morgan fingerprint density at radius 2 is 1.96 bits per heavy atom. The molecule has 1 heterocycles. The number of carbonyl (C=O) groups is 1. The highest BCUT2D eigenvalue weighted by Gasteiger charge is 2.08. The summed E-state index contributed by atoms with van der Waals surface area (Å²) in [5, 5.41) is 8.68. The van der Waals surface area contributed by atoms with Crippen molar-refractivity contribution in [3.05, 3.63) is 70.9 Å². The first-order valence-electron chi connectivity index (χ1n) is 8.16. The lowest BCUT2D eigenvalue weighted by molar-refractivity contribution is 0.102. The molecule has 27 heavy (non-hydrogen) atoms. The molecule has 3 rings (SSSR count). The first-order valence-corrected chi connectivity index (χ1v) is 10.4. The molecular formula is C20H18N2O2S3. The molecule has 0 saturated carbocycles. The minimum absolute atomic E-state index is 0.140. The number of anilines is 2. The van der Waals surface area contributed by atoms with Gasteiger partial charge in [-0.25, -0.2) is 0 Å². The van der Waals surface area contributed by atoms with Crippen molar-refractivity contribution in [3.63, 3.8) is 0 Å². The molecule has 4 nitrogen and oxygen atoms in total. The number of thioether (sulfide) groups is 1. The van der Waals surface area contributed by atoms with Gasteiger partial charge in [0.1, 0.15) is 5.75 Å². The largest absolute Gasteiger partial charge is 0.495 e. The molecule has 0 aliphatic carbocycles. The Kier molecular flexibility index (Phi) is 6.86. The van der Waals surface area contributed by atoms with Crippen molar-refractivity contribution in [2.75, 3.05) is 23.5 Å².